The zero-order valence-corrected chi connectivity index (χ0v) is 18.7. The Morgan fingerprint density at radius 3 is 2.44 bits per heavy atom. The van der Waals surface area contributed by atoms with Gasteiger partial charge in [-0.15, -0.1) is 0 Å². The number of rotatable bonds is 3. The molecule has 0 saturated carbocycles. The van der Waals surface area contributed by atoms with E-state index in [4.69, 9.17) is 11.0 Å². The molecule has 9 heteroatoms. The van der Waals surface area contributed by atoms with E-state index in [2.05, 4.69) is 0 Å². The molecule has 1 atom stereocenters. The SMILES string of the molecule is Cc1cccc(C(=O)N2CC3(CCN(c4ccc(C#N)c(C(F)(F)F)c4)CC3)CC2C(N)=O)c1. The van der Waals surface area contributed by atoms with E-state index < -0.39 is 29.3 Å². The summed E-state index contributed by atoms with van der Waals surface area (Å²) in [4.78, 5) is 28.8. The number of anilines is 1. The van der Waals surface area contributed by atoms with Gasteiger partial charge in [-0.2, -0.15) is 18.4 Å². The van der Waals surface area contributed by atoms with Crippen LogP contribution in [0.5, 0.6) is 0 Å². The van der Waals surface area contributed by atoms with E-state index >= 15 is 0 Å². The highest BCUT2D eigenvalue weighted by atomic mass is 19.4. The molecular formula is C25H25F3N4O2. The van der Waals surface area contributed by atoms with Crippen molar-refractivity contribution in [2.24, 2.45) is 11.1 Å². The lowest BCUT2D eigenvalue weighted by molar-refractivity contribution is -0.137. The van der Waals surface area contributed by atoms with Crippen LogP contribution in [0.3, 0.4) is 0 Å². The number of hydrogen-bond donors (Lipinski definition) is 1. The lowest BCUT2D eigenvalue weighted by Crippen LogP contribution is -2.44. The fraction of sp³-hybridized carbons (Fsp3) is 0.400. The highest BCUT2D eigenvalue weighted by Gasteiger charge is 2.49. The molecule has 2 aliphatic rings. The molecule has 0 radical (unpaired) electrons. The first-order valence-corrected chi connectivity index (χ1v) is 11.1. The summed E-state index contributed by atoms with van der Waals surface area (Å²) in [7, 11) is 0. The Morgan fingerprint density at radius 1 is 1.15 bits per heavy atom. The average molecular weight is 470 g/mol. The Morgan fingerprint density at radius 2 is 1.85 bits per heavy atom. The third-order valence-electron chi connectivity index (χ3n) is 6.98. The highest BCUT2D eigenvalue weighted by molar-refractivity contribution is 5.98. The number of carbonyl (C=O) groups excluding carboxylic acids is 2. The van der Waals surface area contributed by atoms with E-state index in [0.717, 1.165) is 11.6 Å². The van der Waals surface area contributed by atoms with Gasteiger partial charge in [0.1, 0.15) is 6.04 Å². The third-order valence-corrected chi connectivity index (χ3v) is 6.98. The predicted molar refractivity (Wildman–Crippen MR) is 120 cm³/mol. The zero-order chi connectivity index (χ0) is 24.7. The van der Waals surface area contributed by atoms with Crippen molar-refractivity contribution in [3.05, 3.63) is 64.7 Å². The molecule has 0 bridgehead atoms. The van der Waals surface area contributed by atoms with Gasteiger partial charge in [0.15, 0.2) is 0 Å². The number of nitrogens with zero attached hydrogens (tertiary/aromatic N) is 3. The van der Waals surface area contributed by atoms with Crippen LogP contribution in [0.2, 0.25) is 0 Å². The molecule has 1 spiro atoms. The molecule has 34 heavy (non-hydrogen) atoms. The number of hydrogen-bond acceptors (Lipinski definition) is 4. The van der Waals surface area contributed by atoms with E-state index in [1.165, 1.54) is 12.1 Å². The van der Waals surface area contributed by atoms with E-state index in [9.17, 15) is 22.8 Å². The molecule has 2 heterocycles. The van der Waals surface area contributed by atoms with Gasteiger partial charge in [0.05, 0.1) is 17.2 Å². The molecule has 2 saturated heterocycles. The van der Waals surface area contributed by atoms with Crippen molar-refractivity contribution in [3.63, 3.8) is 0 Å². The van der Waals surface area contributed by atoms with Crippen LogP contribution in [0.25, 0.3) is 0 Å². The fourth-order valence-corrected chi connectivity index (χ4v) is 5.13. The molecular weight excluding hydrogens is 445 g/mol. The summed E-state index contributed by atoms with van der Waals surface area (Å²) in [6.45, 7) is 3.21. The molecule has 2 N–H and O–H groups in total. The summed E-state index contributed by atoms with van der Waals surface area (Å²) >= 11 is 0. The first-order valence-electron chi connectivity index (χ1n) is 11.1. The van der Waals surface area contributed by atoms with Crippen LogP contribution in [0.1, 0.15) is 46.3 Å². The van der Waals surface area contributed by atoms with E-state index in [1.807, 2.05) is 17.9 Å². The number of primary amides is 1. The van der Waals surface area contributed by atoms with E-state index in [1.54, 1.807) is 29.2 Å². The van der Waals surface area contributed by atoms with Gasteiger partial charge in [0.25, 0.3) is 5.91 Å². The molecule has 2 aromatic rings. The van der Waals surface area contributed by atoms with Crippen molar-refractivity contribution >= 4 is 17.5 Å². The van der Waals surface area contributed by atoms with Crippen molar-refractivity contribution < 1.29 is 22.8 Å². The maximum Gasteiger partial charge on any atom is 0.417 e. The summed E-state index contributed by atoms with van der Waals surface area (Å²) in [5.41, 5.74) is 5.81. The number of amides is 2. The van der Waals surface area contributed by atoms with Crippen LogP contribution >= 0.6 is 0 Å². The number of nitrogens with two attached hydrogens (primary N) is 1. The average Bonchev–Trinajstić information content (AvgIpc) is 3.17. The monoisotopic (exact) mass is 470 g/mol. The molecule has 178 valence electrons. The summed E-state index contributed by atoms with van der Waals surface area (Å²) in [5.74, 6) is -0.795. The van der Waals surface area contributed by atoms with Crippen molar-refractivity contribution in [1.82, 2.24) is 4.90 Å². The number of halogens is 3. The van der Waals surface area contributed by atoms with Gasteiger partial charge in [-0.25, -0.2) is 0 Å². The maximum atomic E-state index is 13.4. The first-order chi connectivity index (χ1) is 16.0. The summed E-state index contributed by atoms with van der Waals surface area (Å²) in [6.07, 6.45) is -2.96. The predicted octanol–water partition coefficient (Wildman–Crippen LogP) is 3.87. The standard InChI is InChI=1S/C25H25F3N4O2/c1-16-3-2-4-17(11-16)23(34)32-15-24(13-21(32)22(30)33)7-9-31(10-8-24)19-6-5-18(14-29)20(12-19)25(26,27)28/h2-6,11-12,21H,7-10,13,15H2,1H3,(H2,30,33). The van der Waals surface area contributed by atoms with E-state index in [-0.39, 0.29) is 11.3 Å². The first kappa shape index (κ1) is 23.6. The normalized spacial score (nSPS) is 19.8. The van der Waals surface area contributed by atoms with Crippen LogP contribution in [0, 0.1) is 23.7 Å². The minimum Gasteiger partial charge on any atom is -0.371 e. The highest BCUT2D eigenvalue weighted by Crippen LogP contribution is 2.45. The molecule has 1 unspecified atom stereocenters. The molecule has 2 aliphatic heterocycles. The third kappa shape index (κ3) is 4.45. The van der Waals surface area contributed by atoms with Crippen LogP contribution in [0.15, 0.2) is 42.5 Å². The molecule has 0 aromatic heterocycles. The number of piperidine rings is 1. The summed E-state index contributed by atoms with van der Waals surface area (Å²) < 4.78 is 40.1. The largest absolute Gasteiger partial charge is 0.417 e. The zero-order valence-electron chi connectivity index (χ0n) is 18.7. The molecule has 2 amide bonds. The minimum atomic E-state index is -4.62. The number of alkyl halides is 3. The molecule has 2 fully saturated rings. The van der Waals surface area contributed by atoms with Crippen molar-refractivity contribution in [1.29, 1.82) is 5.26 Å². The Kier molecular flexibility index (Phi) is 6.02. The van der Waals surface area contributed by atoms with Gasteiger partial charge >= 0.3 is 6.18 Å². The van der Waals surface area contributed by atoms with Crippen molar-refractivity contribution in [2.75, 3.05) is 24.5 Å². The molecule has 0 aliphatic carbocycles. The molecule has 6 nitrogen and oxygen atoms in total. The maximum absolute atomic E-state index is 13.4. The van der Waals surface area contributed by atoms with Gasteiger partial charge in [-0.3, -0.25) is 9.59 Å². The van der Waals surface area contributed by atoms with Gasteiger partial charge in [-0.1, -0.05) is 17.7 Å². The number of aryl methyl sites for hydroxylation is 1. The van der Waals surface area contributed by atoms with Crippen LogP contribution in [-0.4, -0.2) is 42.4 Å². The van der Waals surface area contributed by atoms with Gasteiger partial charge in [0.2, 0.25) is 5.91 Å². The Balaban J connectivity index is 1.52. The fourth-order valence-electron chi connectivity index (χ4n) is 5.13. The minimum absolute atomic E-state index is 0.242. The summed E-state index contributed by atoms with van der Waals surface area (Å²) in [5, 5.41) is 9.03. The van der Waals surface area contributed by atoms with Gasteiger partial charge < -0.3 is 15.5 Å². The molecule has 2 aromatic carbocycles. The quantitative estimate of drug-likeness (QED) is 0.737. The Bertz CT molecular complexity index is 1160. The van der Waals surface area contributed by atoms with E-state index in [0.29, 0.717) is 50.1 Å². The second-order valence-corrected chi connectivity index (χ2v) is 9.25. The second kappa shape index (κ2) is 8.67. The lowest BCUT2D eigenvalue weighted by atomic mass is 9.76. The topological polar surface area (TPSA) is 90.4 Å². The summed E-state index contributed by atoms with van der Waals surface area (Å²) in [6, 6.07) is 11.8. The van der Waals surface area contributed by atoms with Crippen molar-refractivity contribution in [3.8, 4) is 6.07 Å². The Labute approximate surface area is 195 Å². The van der Waals surface area contributed by atoms with Gasteiger partial charge in [-0.05, 0) is 61.9 Å². The number of nitriles is 1. The van der Waals surface area contributed by atoms with Crippen LogP contribution < -0.4 is 10.6 Å². The second-order valence-electron chi connectivity index (χ2n) is 9.25. The lowest BCUT2D eigenvalue weighted by Gasteiger charge is -2.40. The van der Waals surface area contributed by atoms with Gasteiger partial charge in [0, 0.05) is 30.9 Å². The smallest absolute Gasteiger partial charge is 0.371 e. The number of likely N-dealkylation sites (tertiary alicyclic amines) is 1. The number of carbonyl (C=O) groups is 2. The Hall–Kier alpha value is -3.54. The number of benzene rings is 2. The molecule has 4 rings (SSSR count). The van der Waals surface area contributed by atoms with Crippen LogP contribution in [-0.2, 0) is 11.0 Å². The van der Waals surface area contributed by atoms with Crippen LogP contribution in [0.4, 0.5) is 18.9 Å². The van der Waals surface area contributed by atoms with Crippen molar-refractivity contribution in [2.45, 2.75) is 38.4 Å².